The number of nitrogens with zero attached hydrogens (tertiary/aromatic N) is 3. The highest BCUT2D eigenvalue weighted by Gasteiger charge is 2.42. The van der Waals surface area contributed by atoms with E-state index in [0.717, 1.165) is 11.3 Å². The lowest BCUT2D eigenvalue weighted by Gasteiger charge is -2.24. The SMILES string of the molecule is CC(NC(=O)N1CCC(C)(C(=O)O)C1)c1ccccc1-n1cccn1. The van der Waals surface area contributed by atoms with Gasteiger partial charge in [0.1, 0.15) is 0 Å². The van der Waals surface area contributed by atoms with E-state index in [9.17, 15) is 14.7 Å². The van der Waals surface area contributed by atoms with Crippen LogP contribution in [0.3, 0.4) is 0 Å². The molecule has 2 unspecified atom stereocenters. The number of carbonyl (C=O) groups is 2. The van der Waals surface area contributed by atoms with E-state index >= 15 is 0 Å². The molecule has 2 amide bonds. The van der Waals surface area contributed by atoms with E-state index in [-0.39, 0.29) is 18.6 Å². The highest BCUT2D eigenvalue weighted by Crippen LogP contribution is 2.30. The molecule has 0 spiro atoms. The zero-order chi connectivity index (χ0) is 18.0. The Morgan fingerprint density at radius 2 is 2.08 bits per heavy atom. The number of aliphatic carboxylic acids is 1. The molecule has 132 valence electrons. The highest BCUT2D eigenvalue weighted by atomic mass is 16.4. The van der Waals surface area contributed by atoms with Crippen molar-refractivity contribution in [2.24, 2.45) is 5.41 Å². The molecule has 2 heterocycles. The summed E-state index contributed by atoms with van der Waals surface area (Å²) in [6.45, 7) is 4.26. The molecule has 1 aliphatic rings. The molecular formula is C18H22N4O3. The number of benzene rings is 1. The van der Waals surface area contributed by atoms with Gasteiger partial charge in [0, 0.05) is 25.5 Å². The van der Waals surface area contributed by atoms with Gasteiger partial charge in [-0.2, -0.15) is 5.10 Å². The number of amides is 2. The second-order valence-electron chi connectivity index (χ2n) is 6.72. The molecule has 2 N–H and O–H groups in total. The van der Waals surface area contributed by atoms with Crippen LogP contribution in [0.1, 0.15) is 31.9 Å². The van der Waals surface area contributed by atoms with E-state index in [1.54, 1.807) is 22.7 Å². The molecule has 3 rings (SSSR count). The first kappa shape index (κ1) is 17.0. The molecule has 7 nitrogen and oxygen atoms in total. The average Bonchev–Trinajstić information content (AvgIpc) is 3.25. The number of para-hydroxylation sites is 1. The second kappa shape index (κ2) is 6.58. The molecule has 2 atom stereocenters. The third-order valence-corrected chi connectivity index (χ3v) is 4.77. The van der Waals surface area contributed by atoms with Crippen LogP contribution in [0.2, 0.25) is 0 Å². The molecular weight excluding hydrogens is 320 g/mol. The summed E-state index contributed by atoms with van der Waals surface area (Å²) in [6.07, 6.45) is 4.02. The maximum absolute atomic E-state index is 12.5. The Hall–Kier alpha value is -2.83. The minimum absolute atomic E-state index is 0.224. The number of likely N-dealkylation sites (tertiary alicyclic amines) is 1. The molecule has 7 heteroatoms. The predicted molar refractivity (Wildman–Crippen MR) is 92.4 cm³/mol. The number of urea groups is 1. The van der Waals surface area contributed by atoms with Crippen LogP contribution in [0, 0.1) is 5.41 Å². The largest absolute Gasteiger partial charge is 0.481 e. The van der Waals surface area contributed by atoms with Crippen molar-refractivity contribution >= 4 is 12.0 Å². The van der Waals surface area contributed by atoms with Crippen LogP contribution in [0.15, 0.2) is 42.7 Å². The summed E-state index contributed by atoms with van der Waals surface area (Å²) in [5, 5.41) is 16.5. The van der Waals surface area contributed by atoms with Crippen LogP contribution in [-0.2, 0) is 4.79 Å². The molecule has 2 aromatic rings. The van der Waals surface area contributed by atoms with Gasteiger partial charge in [0.05, 0.1) is 17.1 Å². The zero-order valence-corrected chi connectivity index (χ0v) is 14.3. The number of carbonyl (C=O) groups excluding carboxylic acids is 1. The third kappa shape index (κ3) is 3.35. The van der Waals surface area contributed by atoms with Crippen molar-refractivity contribution < 1.29 is 14.7 Å². The van der Waals surface area contributed by atoms with Crippen LogP contribution in [0.5, 0.6) is 0 Å². The summed E-state index contributed by atoms with van der Waals surface area (Å²) in [5.41, 5.74) is 0.977. The molecule has 0 saturated carbocycles. The molecule has 1 fully saturated rings. The summed E-state index contributed by atoms with van der Waals surface area (Å²) in [7, 11) is 0. The molecule has 0 aliphatic carbocycles. The van der Waals surface area contributed by atoms with Gasteiger partial charge >= 0.3 is 12.0 Å². The van der Waals surface area contributed by atoms with Crippen LogP contribution in [0.25, 0.3) is 5.69 Å². The van der Waals surface area contributed by atoms with Gasteiger partial charge in [-0.05, 0) is 38.0 Å². The van der Waals surface area contributed by atoms with Gasteiger partial charge in [0.25, 0.3) is 0 Å². The Morgan fingerprint density at radius 3 is 2.72 bits per heavy atom. The van der Waals surface area contributed by atoms with E-state index < -0.39 is 11.4 Å². The number of nitrogens with one attached hydrogen (secondary N) is 1. The number of rotatable bonds is 4. The topological polar surface area (TPSA) is 87.5 Å². The normalized spacial score (nSPS) is 21.1. The summed E-state index contributed by atoms with van der Waals surface area (Å²) >= 11 is 0. The van der Waals surface area contributed by atoms with Crippen molar-refractivity contribution in [1.29, 1.82) is 0 Å². The Kier molecular flexibility index (Phi) is 4.48. The van der Waals surface area contributed by atoms with Gasteiger partial charge in [-0.25, -0.2) is 9.48 Å². The van der Waals surface area contributed by atoms with Crippen molar-refractivity contribution in [1.82, 2.24) is 20.0 Å². The average molecular weight is 342 g/mol. The van der Waals surface area contributed by atoms with Gasteiger partial charge < -0.3 is 15.3 Å². The third-order valence-electron chi connectivity index (χ3n) is 4.77. The minimum atomic E-state index is -0.868. The first-order valence-corrected chi connectivity index (χ1v) is 8.28. The Labute approximate surface area is 146 Å². The standard InChI is InChI=1S/C18H22N4O3/c1-13(14-6-3-4-7-15(14)22-10-5-9-19-22)20-17(25)21-11-8-18(2,12-21)16(23)24/h3-7,9-10,13H,8,11-12H2,1-2H3,(H,20,25)(H,23,24). The van der Waals surface area contributed by atoms with E-state index in [4.69, 9.17) is 0 Å². The fourth-order valence-electron chi connectivity index (χ4n) is 3.14. The van der Waals surface area contributed by atoms with Crippen LogP contribution in [-0.4, -0.2) is 44.9 Å². The molecule has 25 heavy (non-hydrogen) atoms. The van der Waals surface area contributed by atoms with Gasteiger partial charge in [-0.1, -0.05) is 18.2 Å². The van der Waals surface area contributed by atoms with Crippen molar-refractivity contribution in [3.63, 3.8) is 0 Å². The van der Waals surface area contributed by atoms with Crippen molar-refractivity contribution in [3.8, 4) is 5.69 Å². The number of carboxylic acids is 1. The quantitative estimate of drug-likeness (QED) is 0.893. The lowest BCUT2D eigenvalue weighted by Crippen LogP contribution is -2.42. The van der Waals surface area contributed by atoms with Crippen molar-refractivity contribution in [2.75, 3.05) is 13.1 Å². The summed E-state index contributed by atoms with van der Waals surface area (Å²) in [6, 6.07) is 9.11. The maximum Gasteiger partial charge on any atom is 0.317 e. The smallest absolute Gasteiger partial charge is 0.317 e. The fourth-order valence-corrected chi connectivity index (χ4v) is 3.14. The van der Waals surface area contributed by atoms with E-state index in [2.05, 4.69) is 10.4 Å². The maximum atomic E-state index is 12.5. The molecule has 0 radical (unpaired) electrons. The Bertz CT molecular complexity index is 774. The Balaban J connectivity index is 1.72. The van der Waals surface area contributed by atoms with Crippen LogP contribution in [0.4, 0.5) is 4.79 Å². The molecule has 1 saturated heterocycles. The summed E-state index contributed by atoms with van der Waals surface area (Å²) < 4.78 is 1.76. The number of aromatic nitrogens is 2. The van der Waals surface area contributed by atoms with Gasteiger partial charge in [0.2, 0.25) is 0 Å². The molecule has 1 aromatic heterocycles. The fraction of sp³-hybridized carbons (Fsp3) is 0.389. The van der Waals surface area contributed by atoms with Crippen LogP contribution >= 0.6 is 0 Å². The zero-order valence-electron chi connectivity index (χ0n) is 14.3. The van der Waals surface area contributed by atoms with Crippen LogP contribution < -0.4 is 5.32 Å². The molecule has 0 bridgehead atoms. The minimum Gasteiger partial charge on any atom is -0.481 e. The lowest BCUT2D eigenvalue weighted by molar-refractivity contribution is -0.147. The number of hydrogen-bond acceptors (Lipinski definition) is 3. The summed E-state index contributed by atoms with van der Waals surface area (Å²) in [4.78, 5) is 25.5. The molecule has 1 aliphatic heterocycles. The Morgan fingerprint density at radius 1 is 1.32 bits per heavy atom. The van der Waals surface area contributed by atoms with E-state index in [1.165, 1.54) is 0 Å². The molecule has 1 aromatic carbocycles. The first-order valence-electron chi connectivity index (χ1n) is 8.28. The summed E-state index contributed by atoms with van der Waals surface area (Å²) in [5.74, 6) is -0.861. The van der Waals surface area contributed by atoms with Gasteiger partial charge in [-0.15, -0.1) is 0 Å². The predicted octanol–water partition coefficient (Wildman–Crippen LogP) is 2.44. The van der Waals surface area contributed by atoms with E-state index in [0.29, 0.717) is 13.0 Å². The second-order valence-corrected chi connectivity index (χ2v) is 6.72. The van der Waals surface area contributed by atoms with Crippen molar-refractivity contribution in [3.05, 3.63) is 48.3 Å². The van der Waals surface area contributed by atoms with Gasteiger partial charge in [0.15, 0.2) is 0 Å². The number of carboxylic acid groups (broad SMARTS) is 1. The van der Waals surface area contributed by atoms with Crippen molar-refractivity contribution in [2.45, 2.75) is 26.3 Å². The lowest BCUT2D eigenvalue weighted by atomic mass is 9.90. The first-order chi connectivity index (χ1) is 11.9. The highest BCUT2D eigenvalue weighted by molar-refractivity contribution is 5.79. The monoisotopic (exact) mass is 342 g/mol. The van der Waals surface area contributed by atoms with E-state index in [1.807, 2.05) is 43.5 Å². The van der Waals surface area contributed by atoms with Gasteiger partial charge in [-0.3, -0.25) is 4.79 Å². The number of hydrogen-bond donors (Lipinski definition) is 2.